The van der Waals surface area contributed by atoms with Crippen LogP contribution in [0.3, 0.4) is 0 Å². The maximum Gasteiger partial charge on any atom is 0.323 e. The highest BCUT2D eigenvalue weighted by Gasteiger charge is 2.30. The summed E-state index contributed by atoms with van der Waals surface area (Å²) >= 11 is 0. The summed E-state index contributed by atoms with van der Waals surface area (Å²) in [5, 5.41) is 7.10. The lowest BCUT2D eigenvalue weighted by Gasteiger charge is -2.10. The standard InChI is InChI=1S/C7H15NO4S/c1-2-3-4-13(11,12)6(5-8)7(9)10/h6H,2-5,8H2,1H3,(H,9,10). The van der Waals surface area contributed by atoms with Gasteiger partial charge in [0.05, 0.1) is 5.75 Å². The third kappa shape index (κ3) is 3.73. The monoisotopic (exact) mass is 209 g/mol. The van der Waals surface area contributed by atoms with E-state index >= 15 is 0 Å². The van der Waals surface area contributed by atoms with E-state index in [1.54, 1.807) is 0 Å². The van der Waals surface area contributed by atoms with Crippen molar-refractivity contribution in [3.8, 4) is 0 Å². The quantitative estimate of drug-likeness (QED) is 0.621. The molecule has 0 heterocycles. The number of carboxylic acids is 1. The van der Waals surface area contributed by atoms with Gasteiger partial charge in [0, 0.05) is 6.54 Å². The number of hydrogen-bond donors (Lipinski definition) is 2. The van der Waals surface area contributed by atoms with E-state index in [2.05, 4.69) is 0 Å². The van der Waals surface area contributed by atoms with Crippen molar-refractivity contribution in [2.24, 2.45) is 5.73 Å². The van der Waals surface area contributed by atoms with Gasteiger partial charge < -0.3 is 10.8 Å². The van der Waals surface area contributed by atoms with Crippen LogP contribution in [0, 0.1) is 0 Å². The van der Waals surface area contributed by atoms with E-state index in [1.807, 2.05) is 6.92 Å². The number of carboxylic acid groups (broad SMARTS) is 1. The molecule has 0 aromatic rings. The summed E-state index contributed by atoms with van der Waals surface area (Å²) in [7, 11) is -3.56. The van der Waals surface area contributed by atoms with E-state index in [-0.39, 0.29) is 12.3 Å². The number of sulfone groups is 1. The van der Waals surface area contributed by atoms with Crippen molar-refractivity contribution >= 4 is 15.8 Å². The van der Waals surface area contributed by atoms with E-state index in [4.69, 9.17) is 10.8 Å². The first kappa shape index (κ1) is 12.4. The van der Waals surface area contributed by atoms with Crippen molar-refractivity contribution in [2.75, 3.05) is 12.3 Å². The molecule has 1 unspecified atom stereocenters. The fraction of sp³-hybridized carbons (Fsp3) is 0.857. The SMILES string of the molecule is CCCCS(=O)(=O)C(CN)C(=O)O. The van der Waals surface area contributed by atoms with Crippen LogP contribution < -0.4 is 5.73 Å². The van der Waals surface area contributed by atoms with Crippen molar-refractivity contribution in [2.45, 2.75) is 25.0 Å². The molecule has 0 saturated heterocycles. The van der Waals surface area contributed by atoms with E-state index in [0.29, 0.717) is 6.42 Å². The maximum absolute atomic E-state index is 11.3. The van der Waals surface area contributed by atoms with Gasteiger partial charge in [-0.05, 0) is 6.42 Å². The Labute approximate surface area is 77.8 Å². The van der Waals surface area contributed by atoms with Gasteiger partial charge in [-0.25, -0.2) is 8.42 Å². The van der Waals surface area contributed by atoms with Gasteiger partial charge in [0.1, 0.15) is 0 Å². The summed E-state index contributed by atoms with van der Waals surface area (Å²) in [5.74, 6) is -1.46. The molecule has 78 valence electrons. The Balaban J connectivity index is 4.49. The molecule has 0 spiro atoms. The molecule has 0 radical (unpaired) electrons. The number of nitrogens with two attached hydrogens (primary N) is 1. The van der Waals surface area contributed by atoms with Gasteiger partial charge in [-0.15, -0.1) is 0 Å². The van der Waals surface area contributed by atoms with Crippen LogP contribution in [-0.4, -0.2) is 37.0 Å². The molecule has 0 fully saturated rings. The van der Waals surface area contributed by atoms with Gasteiger partial charge in [-0.2, -0.15) is 0 Å². The van der Waals surface area contributed by atoms with Gasteiger partial charge >= 0.3 is 5.97 Å². The molecular weight excluding hydrogens is 194 g/mol. The Morgan fingerprint density at radius 1 is 1.54 bits per heavy atom. The van der Waals surface area contributed by atoms with Crippen LogP contribution in [0.1, 0.15) is 19.8 Å². The Hall–Kier alpha value is -0.620. The van der Waals surface area contributed by atoms with Crippen LogP contribution in [0.4, 0.5) is 0 Å². The summed E-state index contributed by atoms with van der Waals surface area (Å²) in [5.41, 5.74) is 5.07. The molecule has 5 nitrogen and oxygen atoms in total. The second-order valence-corrected chi connectivity index (χ2v) is 5.09. The minimum absolute atomic E-state index is 0.0995. The zero-order valence-corrected chi connectivity index (χ0v) is 8.38. The Kier molecular flexibility index (Phi) is 4.94. The van der Waals surface area contributed by atoms with E-state index in [0.717, 1.165) is 6.42 Å². The van der Waals surface area contributed by atoms with Gasteiger partial charge in [-0.3, -0.25) is 4.79 Å². The Morgan fingerprint density at radius 2 is 2.08 bits per heavy atom. The lowest BCUT2D eigenvalue weighted by molar-refractivity contribution is -0.136. The molecule has 0 aromatic heterocycles. The molecule has 0 bridgehead atoms. The predicted molar refractivity (Wildman–Crippen MR) is 49.2 cm³/mol. The number of aliphatic carboxylic acids is 1. The first-order chi connectivity index (χ1) is 5.95. The molecule has 0 aliphatic rings. The lowest BCUT2D eigenvalue weighted by Crippen LogP contribution is -2.38. The second kappa shape index (κ2) is 5.18. The summed E-state index contributed by atoms with van der Waals surface area (Å²) < 4.78 is 22.6. The maximum atomic E-state index is 11.3. The minimum atomic E-state index is -3.56. The van der Waals surface area contributed by atoms with Crippen molar-refractivity contribution in [1.29, 1.82) is 0 Å². The summed E-state index contributed by atoms with van der Waals surface area (Å²) in [4.78, 5) is 10.5. The van der Waals surface area contributed by atoms with Crippen molar-refractivity contribution in [3.63, 3.8) is 0 Å². The minimum Gasteiger partial charge on any atom is -0.480 e. The third-order valence-electron chi connectivity index (χ3n) is 1.71. The molecule has 0 amide bonds. The molecule has 0 saturated carbocycles. The zero-order chi connectivity index (χ0) is 10.5. The first-order valence-corrected chi connectivity index (χ1v) is 5.81. The highest BCUT2D eigenvalue weighted by Crippen LogP contribution is 2.04. The highest BCUT2D eigenvalue weighted by atomic mass is 32.2. The lowest BCUT2D eigenvalue weighted by atomic mass is 10.4. The number of hydrogen-bond acceptors (Lipinski definition) is 4. The molecule has 3 N–H and O–H groups in total. The third-order valence-corrected chi connectivity index (χ3v) is 3.82. The molecule has 0 aliphatic heterocycles. The fourth-order valence-corrected chi connectivity index (χ4v) is 2.46. The molecule has 13 heavy (non-hydrogen) atoms. The van der Waals surface area contributed by atoms with Crippen molar-refractivity contribution in [3.05, 3.63) is 0 Å². The number of rotatable bonds is 6. The zero-order valence-electron chi connectivity index (χ0n) is 7.56. The molecule has 0 rings (SSSR count). The van der Waals surface area contributed by atoms with Crippen LogP contribution in [0.5, 0.6) is 0 Å². The average molecular weight is 209 g/mol. The van der Waals surface area contributed by atoms with Crippen LogP contribution in [0.15, 0.2) is 0 Å². The van der Waals surface area contributed by atoms with Crippen molar-refractivity contribution in [1.82, 2.24) is 0 Å². The topological polar surface area (TPSA) is 97.5 Å². The smallest absolute Gasteiger partial charge is 0.323 e. The molecule has 0 aliphatic carbocycles. The predicted octanol–water partition coefficient (Wildman–Crippen LogP) is -0.387. The van der Waals surface area contributed by atoms with Crippen LogP contribution >= 0.6 is 0 Å². The largest absolute Gasteiger partial charge is 0.480 e. The van der Waals surface area contributed by atoms with Crippen molar-refractivity contribution < 1.29 is 18.3 Å². The first-order valence-electron chi connectivity index (χ1n) is 4.10. The van der Waals surface area contributed by atoms with E-state index in [9.17, 15) is 13.2 Å². The molecule has 1 atom stereocenters. The van der Waals surface area contributed by atoms with Gasteiger partial charge in [-0.1, -0.05) is 13.3 Å². The molecule has 0 aromatic carbocycles. The Bertz CT molecular complexity index is 260. The normalized spacial score (nSPS) is 14.0. The summed E-state index contributed by atoms with van der Waals surface area (Å²) in [6, 6.07) is 0. The van der Waals surface area contributed by atoms with Gasteiger partial charge in [0.25, 0.3) is 0 Å². The van der Waals surface area contributed by atoms with Gasteiger partial charge in [0.2, 0.25) is 0 Å². The number of unbranched alkanes of at least 4 members (excludes halogenated alkanes) is 1. The van der Waals surface area contributed by atoms with Gasteiger partial charge in [0.15, 0.2) is 15.1 Å². The van der Waals surface area contributed by atoms with E-state index < -0.39 is 21.1 Å². The van der Waals surface area contributed by atoms with Crippen LogP contribution in [0.2, 0.25) is 0 Å². The fourth-order valence-electron chi connectivity index (χ4n) is 0.889. The van der Waals surface area contributed by atoms with E-state index in [1.165, 1.54) is 0 Å². The highest BCUT2D eigenvalue weighted by molar-refractivity contribution is 7.92. The van der Waals surface area contributed by atoms with Crippen LogP contribution in [0.25, 0.3) is 0 Å². The number of carbonyl (C=O) groups is 1. The van der Waals surface area contributed by atoms with Crippen LogP contribution in [-0.2, 0) is 14.6 Å². The summed E-state index contributed by atoms with van der Waals surface area (Å²) in [6.45, 7) is 1.48. The second-order valence-electron chi connectivity index (χ2n) is 2.78. The Morgan fingerprint density at radius 3 is 2.38 bits per heavy atom. The molecule has 6 heteroatoms. The summed E-state index contributed by atoms with van der Waals surface area (Å²) in [6.07, 6.45) is 1.20. The average Bonchev–Trinajstić information content (AvgIpc) is 2.01. The molecular formula is C7H15NO4S.